The summed E-state index contributed by atoms with van der Waals surface area (Å²) in [6.07, 6.45) is -1.12. The van der Waals surface area contributed by atoms with Gasteiger partial charge in [-0.05, 0) is 12.1 Å². The highest BCUT2D eigenvalue weighted by molar-refractivity contribution is 5.74. The summed E-state index contributed by atoms with van der Waals surface area (Å²) in [6, 6.07) is 5.33. The SMILES string of the molecule is O=C(F)C1COc2ccccc2O1. The van der Waals surface area contributed by atoms with Crippen LogP contribution < -0.4 is 9.47 Å². The van der Waals surface area contributed by atoms with Crippen LogP contribution in [0.4, 0.5) is 4.39 Å². The van der Waals surface area contributed by atoms with Crippen molar-refractivity contribution in [3.63, 3.8) is 0 Å². The quantitative estimate of drug-likeness (QED) is 0.614. The minimum absolute atomic E-state index is 0.0631. The monoisotopic (exact) mass is 182 g/mol. The normalized spacial score (nSPS) is 19.6. The fraction of sp³-hybridized carbons (Fsp3) is 0.222. The molecule has 0 saturated heterocycles. The molecule has 0 aromatic heterocycles. The molecule has 1 heterocycles. The summed E-state index contributed by atoms with van der Waals surface area (Å²) >= 11 is 0. The smallest absolute Gasteiger partial charge is 0.345 e. The standard InChI is InChI=1S/C9H7FO3/c10-9(11)8-5-12-6-3-1-2-4-7(6)13-8/h1-4,8H,5H2. The maximum Gasteiger partial charge on any atom is 0.345 e. The van der Waals surface area contributed by atoms with E-state index in [0.717, 1.165) is 0 Å². The largest absolute Gasteiger partial charge is 0.485 e. The number of carbonyl (C=O) groups excluding carboxylic acids is 1. The third-order valence-electron chi connectivity index (χ3n) is 1.76. The lowest BCUT2D eigenvalue weighted by molar-refractivity contribution is -0.139. The first-order chi connectivity index (χ1) is 6.27. The molecule has 3 nitrogen and oxygen atoms in total. The van der Waals surface area contributed by atoms with Crippen molar-refractivity contribution in [3.05, 3.63) is 24.3 Å². The van der Waals surface area contributed by atoms with E-state index >= 15 is 0 Å². The first-order valence-electron chi connectivity index (χ1n) is 3.85. The van der Waals surface area contributed by atoms with Gasteiger partial charge in [0.2, 0.25) is 6.10 Å². The Morgan fingerprint density at radius 3 is 2.77 bits per heavy atom. The zero-order valence-corrected chi connectivity index (χ0v) is 6.70. The van der Waals surface area contributed by atoms with Crippen LogP contribution in [0.5, 0.6) is 11.5 Å². The Hall–Kier alpha value is -1.58. The molecule has 1 unspecified atom stereocenters. The van der Waals surface area contributed by atoms with Crippen LogP contribution in [-0.4, -0.2) is 18.7 Å². The van der Waals surface area contributed by atoms with Crippen molar-refractivity contribution in [2.75, 3.05) is 6.61 Å². The summed E-state index contributed by atoms with van der Waals surface area (Å²) in [4.78, 5) is 10.3. The van der Waals surface area contributed by atoms with Gasteiger partial charge < -0.3 is 9.47 Å². The van der Waals surface area contributed by atoms with Crippen molar-refractivity contribution in [2.45, 2.75) is 6.10 Å². The summed E-state index contributed by atoms with van der Waals surface area (Å²) in [6.45, 7) is -0.0631. The molecular weight excluding hydrogens is 175 g/mol. The molecule has 1 aromatic rings. The number of para-hydroxylation sites is 2. The van der Waals surface area contributed by atoms with Crippen LogP contribution in [0.25, 0.3) is 0 Å². The average Bonchev–Trinajstić information content (AvgIpc) is 2.17. The first kappa shape index (κ1) is 8.04. The molecule has 1 aromatic carbocycles. The van der Waals surface area contributed by atoms with Crippen LogP contribution in [0.1, 0.15) is 0 Å². The van der Waals surface area contributed by atoms with Crippen LogP contribution in [-0.2, 0) is 4.79 Å². The van der Waals surface area contributed by atoms with Gasteiger partial charge in [-0.1, -0.05) is 12.1 Å². The first-order valence-corrected chi connectivity index (χ1v) is 3.85. The molecule has 1 atom stereocenters. The Bertz CT molecular complexity index is 337. The fourth-order valence-corrected chi connectivity index (χ4v) is 1.13. The number of fused-ring (bicyclic) bond motifs is 1. The minimum atomic E-state index is -1.51. The molecule has 0 aliphatic carbocycles. The molecule has 0 saturated carbocycles. The van der Waals surface area contributed by atoms with Gasteiger partial charge in [0.15, 0.2) is 11.5 Å². The Morgan fingerprint density at radius 2 is 2.08 bits per heavy atom. The van der Waals surface area contributed by atoms with Gasteiger partial charge in [-0.25, -0.2) is 0 Å². The molecule has 2 rings (SSSR count). The van der Waals surface area contributed by atoms with E-state index in [-0.39, 0.29) is 6.61 Å². The third-order valence-corrected chi connectivity index (χ3v) is 1.76. The van der Waals surface area contributed by atoms with Crippen LogP contribution in [0.3, 0.4) is 0 Å². The second-order valence-electron chi connectivity index (χ2n) is 2.67. The number of rotatable bonds is 1. The molecule has 0 radical (unpaired) electrons. The Labute approximate surface area is 74.1 Å². The molecule has 0 bridgehead atoms. The highest BCUT2D eigenvalue weighted by Crippen LogP contribution is 2.30. The van der Waals surface area contributed by atoms with Gasteiger partial charge >= 0.3 is 6.04 Å². The van der Waals surface area contributed by atoms with Gasteiger partial charge in [0, 0.05) is 0 Å². The van der Waals surface area contributed by atoms with Crippen molar-refractivity contribution in [2.24, 2.45) is 0 Å². The number of hydrogen-bond acceptors (Lipinski definition) is 3. The number of carbonyl (C=O) groups is 1. The van der Waals surface area contributed by atoms with Crippen molar-refractivity contribution >= 4 is 6.04 Å². The van der Waals surface area contributed by atoms with Crippen LogP contribution in [0.15, 0.2) is 24.3 Å². The average molecular weight is 182 g/mol. The third kappa shape index (κ3) is 1.47. The van der Waals surface area contributed by atoms with Crippen LogP contribution >= 0.6 is 0 Å². The Morgan fingerprint density at radius 1 is 1.38 bits per heavy atom. The van der Waals surface area contributed by atoms with E-state index in [2.05, 4.69) is 0 Å². The van der Waals surface area contributed by atoms with E-state index in [1.54, 1.807) is 24.3 Å². The molecular formula is C9H7FO3. The molecule has 0 amide bonds. The maximum atomic E-state index is 12.2. The second kappa shape index (κ2) is 3.05. The number of halogens is 1. The predicted molar refractivity (Wildman–Crippen MR) is 42.5 cm³/mol. The zero-order valence-electron chi connectivity index (χ0n) is 6.70. The molecule has 1 aliphatic heterocycles. The number of benzene rings is 1. The van der Waals surface area contributed by atoms with E-state index in [1.807, 2.05) is 0 Å². The van der Waals surface area contributed by atoms with Crippen molar-refractivity contribution in [3.8, 4) is 11.5 Å². The summed E-state index contributed by atoms with van der Waals surface area (Å²) in [7, 11) is 0. The van der Waals surface area contributed by atoms with Crippen molar-refractivity contribution < 1.29 is 18.7 Å². The topological polar surface area (TPSA) is 35.5 Å². The van der Waals surface area contributed by atoms with Crippen molar-refractivity contribution in [1.82, 2.24) is 0 Å². The van der Waals surface area contributed by atoms with Gasteiger partial charge in [0.1, 0.15) is 6.61 Å². The van der Waals surface area contributed by atoms with Gasteiger partial charge in [-0.2, -0.15) is 4.39 Å². The van der Waals surface area contributed by atoms with E-state index < -0.39 is 12.1 Å². The van der Waals surface area contributed by atoms with Gasteiger partial charge in [-0.15, -0.1) is 0 Å². The predicted octanol–water partition coefficient (Wildman–Crippen LogP) is 1.32. The van der Waals surface area contributed by atoms with Crippen LogP contribution in [0.2, 0.25) is 0 Å². The lowest BCUT2D eigenvalue weighted by Crippen LogP contribution is -2.34. The van der Waals surface area contributed by atoms with Crippen molar-refractivity contribution in [1.29, 1.82) is 0 Å². The van der Waals surface area contributed by atoms with Crippen LogP contribution in [0, 0.1) is 0 Å². The molecule has 68 valence electrons. The van der Waals surface area contributed by atoms with Gasteiger partial charge in [0.05, 0.1) is 0 Å². The van der Waals surface area contributed by atoms with E-state index in [0.29, 0.717) is 11.5 Å². The summed E-state index contributed by atoms with van der Waals surface area (Å²) in [5, 5.41) is 0. The Kier molecular flexibility index (Phi) is 1.88. The van der Waals surface area contributed by atoms with Gasteiger partial charge in [0.25, 0.3) is 0 Å². The Balaban J connectivity index is 2.24. The number of ether oxygens (including phenoxy) is 2. The summed E-state index contributed by atoms with van der Waals surface area (Å²) in [5.74, 6) is 0.949. The highest BCUT2D eigenvalue weighted by Gasteiger charge is 2.26. The molecule has 0 N–H and O–H groups in total. The summed E-state index contributed by atoms with van der Waals surface area (Å²) in [5.41, 5.74) is 0. The molecule has 1 aliphatic rings. The highest BCUT2D eigenvalue weighted by atomic mass is 19.1. The molecule has 4 heteroatoms. The molecule has 0 fully saturated rings. The van der Waals surface area contributed by atoms with Gasteiger partial charge in [-0.3, -0.25) is 4.79 Å². The lowest BCUT2D eigenvalue weighted by atomic mass is 10.3. The maximum absolute atomic E-state index is 12.2. The zero-order chi connectivity index (χ0) is 9.26. The fourth-order valence-electron chi connectivity index (χ4n) is 1.13. The number of hydrogen-bond donors (Lipinski definition) is 0. The second-order valence-corrected chi connectivity index (χ2v) is 2.67. The summed E-state index contributed by atoms with van der Waals surface area (Å²) < 4.78 is 22.4. The minimum Gasteiger partial charge on any atom is -0.485 e. The van der Waals surface area contributed by atoms with E-state index in [1.165, 1.54) is 0 Å². The molecule has 13 heavy (non-hydrogen) atoms. The van der Waals surface area contributed by atoms with E-state index in [4.69, 9.17) is 9.47 Å². The lowest BCUT2D eigenvalue weighted by Gasteiger charge is -2.22. The van der Waals surface area contributed by atoms with E-state index in [9.17, 15) is 9.18 Å². The molecule has 0 spiro atoms.